The quantitative estimate of drug-likeness (QED) is 0.277. The van der Waals surface area contributed by atoms with Crippen LogP contribution in [-0.4, -0.2) is 65.2 Å². The van der Waals surface area contributed by atoms with E-state index in [1.165, 1.54) is 29.2 Å². The zero-order valence-corrected chi connectivity index (χ0v) is 26.0. The number of para-hydroxylation sites is 1. The first-order chi connectivity index (χ1) is 21.3. The molecular weight excluding hydrogens is 626 g/mol. The van der Waals surface area contributed by atoms with Crippen molar-refractivity contribution < 1.29 is 22.0 Å². The molecule has 2 aromatic heterocycles. The molecule has 232 valence electrons. The molecule has 1 aliphatic heterocycles. The molecule has 2 aromatic carbocycles. The zero-order chi connectivity index (χ0) is 32.8. The number of piperazine rings is 1. The Balaban J connectivity index is 1.87. The van der Waals surface area contributed by atoms with Crippen LogP contribution in [0.3, 0.4) is 0 Å². The average molecular weight is 653 g/mol. The minimum Gasteiger partial charge on any atom is -0.349 e. The van der Waals surface area contributed by atoms with Crippen LogP contribution in [0.4, 0.5) is 14.6 Å². The highest BCUT2D eigenvalue weighted by Crippen LogP contribution is 2.36. The van der Waals surface area contributed by atoms with Gasteiger partial charge in [0.15, 0.2) is 21.3 Å². The number of anilines is 1. The number of amides is 1. The normalized spacial score (nSPS) is 16.9. The molecule has 2 atom stereocenters. The van der Waals surface area contributed by atoms with Crippen LogP contribution in [0, 0.1) is 29.9 Å². The second-order valence-corrected chi connectivity index (χ2v) is 13.1. The van der Waals surface area contributed by atoms with Gasteiger partial charge < -0.3 is 9.80 Å². The van der Waals surface area contributed by atoms with Gasteiger partial charge in [0.25, 0.3) is 0 Å². The molecule has 0 spiro atoms. The van der Waals surface area contributed by atoms with Crippen molar-refractivity contribution in [2.24, 2.45) is 0 Å². The summed E-state index contributed by atoms with van der Waals surface area (Å²) in [6.45, 7) is 7.10. The number of nitriles is 1. The highest BCUT2D eigenvalue weighted by molar-refractivity contribution is 7.90. The number of carbonyl (C=O) groups is 1. The van der Waals surface area contributed by atoms with E-state index in [2.05, 4.69) is 22.6 Å². The maximum absolute atomic E-state index is 16.0. The van der Waals surface area contributed by atoms with Crippen molar-refractivity contribution in [3.05, 3.63) is 87.8 Å². The van der Waals surface area contributed by atoms with E-state index < -0.39 is 44.9 Å². The van der Waals surface area contributed by atoms with E-state index in [4.69, 9.17) is 11.6 Å². The maximum Gasteiger partial charge on any atom is 0.355 e. The number of pyridine rings is 1. The lowest BCUT2D eigenvalue weighted by molar-refractivity contribution is -0.129. The van der Waals surface area contributed by atoms with Crippen LogP contribution in [0.1, 0.15) is 18.9 Å². The third-order valence-electron chi connectivity index (χ3n) is 7.72. The van der Waals surface area contributed by atoms with E-state index in [-0.39, 0.29) is 63.4 Å². The highest BCUT2D eigenvalue weighted by atomic mass is 35.5. The molecule has 0 radical (unpaired) electrons. The molecule has 45 heavy (non-hydrogen) atoms. The Kier molecular flexibility index (Phi) is 8.48. The standard InChI is InChI=1S/C31H27ClF2N6O4S/c1-5-25(41)39-15-18(3)38(16-19(39)12-13-35)29-20-14-23(34)27(26-21(32)9-7-10-22(26)33)36-30(20)40(31(42)37-29)28-17(2)8-6-11-24(28)45(4,43)44/h5-11,14,18-19H,1,12,15-16H2,2-4H3/t18-,19-/m0/s1. The molecule has 0 saturated carbocycles. The number of sulfone groups is 1. The third kappa shape index (κ3) is 5.67. The van der Waals surface area contributed by atoms with Crippen molar-refractivity contribution in [1.82, 2.24) is 19.4 Å². The molecule has 1 saturated heterocycles. The summed E-state index contributed by atoms with van der Waals surface area (Å²) in [6.07, 6.45) is 2.10. The molecule has 4 aromatic rings. The van der Waals surface area contributed by atoms with Gasteiger partial charge in [0.1, 0.15) is 17.3 Å². The zero-order valence-electron chi connectivity index (χ0n) is 24.5. The first-order valence-corrected chi connectivity index (χ1v) is 16.0. The summed E-state index contributed by atoms with van der Waals surface area (Å²) in [4.78, 5) is 38.3. The molecule has 1 amide bonds. The van der Waals surface area contributed by atoms with Crippen molar-refractivity contribution >= 4 is 44.2 Å². The van der Waals surface area contributed by atoms with Crippen LogP contribution < -0.4 is 10.6 Å². The van der Waals surface area contributed by atoms with Gasteiger partial charge in [-0.3, -0.25) is 4.79 Å². The summed E-state index contributed by atoms with van der Waals surface area (Å²) in [7, 11) is -3.90. The van der Waals surface area contributed by atoms with Gasteiger partial charge in [0.05, 0.1) is 45.1 Å². The third-order valence-corrected chi connectivity index (χ3v) is 9.17. The van der Waals surface area contributed by atoms with E-state index in [0.29, 0.717) is 5.56 Å². The Morgan fingerprint density at radius 3 is 2.53 bits per heavy atom. The van der Waals surface area contributed by atoms with Crippen LogP contribution in [0.15, 0.2) is 64.8 Å². The smallest absolute Gasteiger partial charge is 0.349 e. The van der Waals surface area contributed by atoms with Gasteiger partial charge in [-0.2, -0.15) is 10.2 Å². The Morgan fingerprint density at radius 1 is 1.18 bits per heavy atom. The second-order valence-electron chi connectivity index (χ2n) is 10.7. The SMILES string of the molecule is C=CC(=O)N1C[C@H](C)N(c2nc(=O)n(-c3c(C)cccc3S(C)(=O)=O)c3nc(-c4c(F)cccc4Cl)c(F)cc23)C[C@@H]1CC#N. The van der Waals surface area contributed by atoms with Gasteiger partial charge in [-0.25, -0.2) is 31.5 Å². The molecule has 1 aliphatic rings. The summed E-state index contributed by atoms with van der Waals surface area (Å²) < 4.78 is 57.7. The minimum atomic E-state index is -3.90. The fourth-order valence-electron chi connectivity index (χ4n) is 5.64. The number of aromatic nitrogens is 3. The van der Waals surface area contributed by atoms with E-state index in [0.717, 1.165) is 29.0 Å². The number of carbonyl (C=O) groups excluding carboxylic acids is 1. The number of benzene rings is 2. The van der Waals surface area contributed by atoms with E-state index in [9.17, 15) is 23.3 Å². The molecule has 1 fully saturated rings. The van der Waals surface area contributed by atoms with Crippen LogP contribution in [-0.2, 0) is 14.6 Å². The van der Waals surface area contributed by atoms with E-state index in [1.54, 1.807) is 24.8 Å². The van der Waals surface area contributed by atoms with Crippen molar-refractivity contribution in [1.29, 1.82) is 5.26 Å². The number of halogens is 3. The molecule has 10 nitrogen and oxygen atoms in total. The lowest BCUT2D eigenvalue weighted by Gasteiger charge is -2.45. The summed E-state index contributed by atoms with van der Waals surface area (Å²) >= 11 is 6.27. The molecule has 5 rings (SSSR count). The number of aryl methyl sites for hydroxylation is 1. The Hall–Kier alpha value is -4.67. The van der Waals surface area contributed by atoms with E-state index in [1.807, 2.05) is 0 Å². The number of nitrogens with zero attached hydrogens (tertiary/aromatic N) is 6. The number of hydrogen-bond donors (Lipinski definition) is 0. The van der Waals surface area contributed by atoms with Crippen molar-refractivity contribution in [2.75, 3.05) is 24.2 Å². The molecule has 3 heterocycles. The lowest BCUT2D eigenvalue weighted by atomic mass is 10.0. The Morgan fingerprint density at radius 2 is 1.89 bits per heavy atom. The van der Waals surface area contributed by atoms with Crippen LogP contribution in [0.25, 0.3) is 28.0 Å². The Bertz CT molecular complexity index is 2080. The molecular formula is C31H27ClF2N6O4S. The largest absolute Gasteiger partial charge is 0.355 e. The Labute approximate surface area is 262 Å². The van der Waals surface area contributed by atoms with E-state index >= 15 is 8.78 Å². The second kappa shape index (κ2) is 12.0. The molecule has 0 N–H and O–H groups in total. The average Bonchev–Trinajstić information content (AvgIpc) is 2.97. The summed E-state index contributed by atoms with van der Waals surface area (Å²) in [6, 6.07) is 10.3. The predicted octanol–water partition coefficient (Wildman–Crippen LogP) is 4.60. The van der Waals surface area contributed by atoms with Crippen molar-refractivity contribution in [3.8, 4) is 23.0 Å². The van der Waals surface area contributed by atoms with Crippen molar-refractivity contribution in [3.63, 3.8) is 0 Å². The number of hydrogen-bond acceptors (Lipinski definition) is 8. The molecule has 14 heteroatoms. The number of rotatable bonds is 6. The van der Waals surface area contributed by atoms with Crippen LogP contribution >= 0.6 is 11.6 Å². The first-order valence-electron chi connectivity index (χ1n) is 13.7. The highest BCUT2D eigenvalue weighted by Gasteiger charge is 2.36. The summed E-state index contributed by atoms with van der Waals surface area (Å²) in [5.74, 6) is -2.21. The van der Waals surface area contributed by atoms with Gasteiger partial charge in [-0.15, -0.1) is 0 Å². The van der Waals surface area contributed by atoms with Gasteiger partial charge >= 0.3 is 5.69 Å². The fraction of sp³-hybridized carbons (Fsp3) is 0.258. The molecule has 0 aliphatic carbocycles. The monoisotopic (exact) mass is 652 g/mol. The van der Waals surface area contributed by atoms with Crippen LogP contribution in [0.2, 0.25) is 5.02 Å². The lowest BCUT2D eigenvalue weighted by Crippen LogP contribution is -2.59. The minimum absolute atomic E-state index is 0.000498. The topological polar surface area (TPSA) is 129 Å². The first kappa shape index (κ1) is 31.7. The molecule has 0 bridgehead atoms. The van der Waals surface area contributed by atoms with Gasteiger partial charge in [-0.05, 0) is 49.8 Å². The summed E-state index contributed by atoms with van der Waals surface area (Å²) in [5, 5.41) is 9.36. The van der Waals surface area contributed by atoms with Gasteiger partial charge in [0.2, 0.25) is 5.91 Å². The maximum atomic E-state index is 16.0. The van der Waals surface area contributed by atoms with Crippen LogP contribution in [0.5, 0.6) is 0 Å². The predicted molar refractivity (Wildman–Crippen MR) is 166 cm³/mol. The van der Waals surface area contributed by atoms with Gasteiger partial charge in [-0.1, -0.05) is 36.4 Å². The number of fused-ring (bicyclic) bond motifs is 1. The van der Waals surface area contributed by atoms with Crippen molar-refractivity contribution in [2.45, 2.75) is 37.2 Å². The fourth-order valence-corrected chi connectivity index (χ4v) is 6.83. The molecule has 0 unspecified atom stereocenters. The summed E-state index contributed by atoms with van der Waals surface area (Å²) in [5.41, 5.74) is -1.64. The van der Waals surface area contributed by atoms with Gasteiger partial charge in [0, 0.05) is 25.4 Å².